The lowest BCUT2D eigenvalue weighted by atomic mass is 10.4. The van der Waals surface area contributed by atoms with Crippen LogP contribution in [0.2, 0.25) is 0 Å². The molecule has 0 aromatic carbocycles. The fraction of sp³-hybridized carbons (Fsp3) is 1.00. The van der Waals surface area contributed by atoms with Crippen molar-refractivity contribution in [3.8, 4) is 0 Å². The van der Waals surface area contributed by atoms with Gasteiger partial charge in [0.05, 0.1) is 18.4 Å². The van der Waals surface area contributed by atoms with Crippen LogP contribution >= 0.6 is 0 Å². The number of aliphatic hydroxyl groups excluding tert-OH is 3. The van der Waals surface area contributed by atoms with Gasteiger partial charge in [0.1, 0.15) is 0 Å². The number of rotatable bonds is 2. The molecule has 0 spiro atoms. The summed E-state index contributed by atoms with van der Waals surface area (Å²) < 4.78 is 0. The van der Waals surface area contributed by atoms with Gasteiger partial charge in [-0.25, -0.2) is 0 Å². The van der Waals surface area contributed by atoms with E-state index in [0.717, 1.165) is 0 Å². The molecule has 0 bridgehead atoms. The van der Waals surface area contributed by atoms with E-state index in [2.05, 4.69) is 0 Å². The summed E-state index contributed by atoms with van der Waals surface area (Å²) in [7, 11) is 0.508. The molecule has 0 saturated carbocycles. The van der Waals surface area contributed by atoms with E-state index in [9.17, 15) is 0 Å². The van der Waals surface area contributed by atoms with E-state index < -0.39 is 11.8 Å². The van der Waals surface area contributed by atoms with Crippen molar-refractivity contribution in [3.05, 3.63) is 0 Å². The van der Waals surface area contributed by atoms with Crippen LogP contribution in [0, 0.1) is 0 Å². The Hall–Kier alpha value is 0.0969. The minimum atomic E-state index is -0.924. The Kier molecular flexibility index (Phi) is 3.19. The van der Waals surface area contributed by atoms with Gasteiger partial charge in [0.15, 0.2) is 0 Å². The van der Waals surface area contributed by atoms with Gasteiger partial charge < -0.3 is 15.3 Å². The standard InChI is InChI=1S/C3H10O3Si/c4-1-2(5)3(6)7/h2-6H,1H2,7H3/t2-,3?/m0/s1. The molecular weight excluding hydrogens is 112 g/mol. The number of hydrogen-bond acceptors (Lipinski definition) is 3. The lowest BCUT2D eigenvalue weighted by molar-refractivity contribution is 0.0247. The van der Waals surface area contributed by atoms with E-state index in [-0.39, 0.29) is 6.61 Å². The maximum absolute atomic E-state index is 8.47. The zero-order valence-corrected chi connectivity index (χ0v) is 6.20. The van der Waals surface area contributed by atoms with Crippen LogP contribution in [0.15, 0.2) is 0 Å². The molecule has 3 nitrogen and oxygen atoms in total. The summed E-state index contributed by atoms with van der Waals surface area (Å²) in [5.41, 5.74) is -0.690. The van der Waals surface area contributed by atoms with Crippen molar-refractivity contribution in [2.75, 3.05) is 6.61 Å². The highest BCUT2D eigenvalue weighted by molar-refractivity contribution is 6.11. The van der Waals surface area contributed by atoms with Crippen LogP contribution in [0.4, 0.5) is 0 Å². The maximum Gasteiger partial charge on any atom is 0.0989 e. The van der Waals surface area contributed by atoms with Crippen molar-refractivity contribution in [1.82, 2.24) is 0 Å². The minimum absolute atomic E-state index is 0.343. The average molecular weight is 122 g/mol. The number of aliphatic hydroxyl groups is 3. The smallest absolute Gasteiger partial charge is 0.0989 e. The molecule has 2 atom stereocenters. The van der Waals surface area contributed by atoms with E-state index in [1.807, 2.05) is 0 Å². The molecule has 0 aliphatic heterocycles. The van der Waals surface area contributed by atoms with Crippen LogP contribution < -0.4 is 0 Å². The van der Waals surface area contributed by atoms with Gasteiger partial charge in [0.2, 0.25) is 0 Å². The Morgan fingerprint density at radius 3 is 1.86 bits per heavy atom. The van der Waals surface area contributed by atoms with Gasteiger partial charge in [-0.15, -0.1) is 0 Å². The topological polar surface area (TPSA) is 60.7 Å². The second-order valence-corrected chi connectivity index (χ2v) is 2.67. The van der Waals surface area contributed by atoms with E-state index in [0.29, 0.717) is 10.2 Å². The van der Waals surface area contributed by atoms with Gasteiger partial charge in [-0.1, -0.05) is 0 Å². The van der Waals surface area contributed by atoms with Gasteiger partial charge >= 0.3 is 0 Å². The second kappa shape index (κ2) is 3.14. The molecule has 0 radical (unpaired) electrons. The molecular formula is C3H10O3Si. The number of hydrogen-bond donors (Lipinski definition) is 3. The normalized spacial score (nSPS) is 19.3. The van der Waals surface area contributed by atoms with E-state index in [1.165, 1.54) is 0 Å². The highest BCUT2D eigenvalue weighted by Gasteiger charge is 2.06. The molecule has 0 saturated heterocycles. The molecule has 0 aliphatic carbocycles. The first-order valence-electron chi connectivity index (χ1n) is 2.15. The third kappa shape index (κ3) is 2.75. The molecule has 0 heterocycles. The van der Waals surface area contributed by atoms with Gasteiger partial charge in [0, 0.05) is 10.2 Å². The molecule has 0 aromatic rings. The Morgan fingerprint density at radius 2 is 1.86 bits per heavy atom. The van der Waals surface area contributed by atoms with Crippen LogP contribution in [-0.4, -0.2) is 44.0 Å². The fourth-order valence-electron chi connectivity index (χ4n) is 0.153. The van der Waals surface area contributed by atoms with Crippen molar-refractivity contribution in [3.63, 3.8) is 0 Å². The van der Waals surface area contributed by atoms with Gasteiger partial charge in [-0.05, 0) is 0 Å². The van der Waals surface area contributed by atoms with E-state index >= 15 is 0 Å². The van der Waals surface area contributed by atoms with Crippen molar-refractivity contribution < 1.29 is 15.3 Å². The van der Waals surface area contributed by atoms with E-state index in [1.54, 1.807) is 0 Å². The fourth-order valence-corrected chi connectivity index (χ4v) is 0.363. The Labute approximate surface area is 45.0 Å². The quantitative estimate of drug-likeness (QED) is 0.343. The first kappa shape index (κ1) is 7.10. The minimum Gasteiger partial charge on any atom is -0.395 e. The van der Waals surface area contributed by atoms with Crippen LogP contribution in [0.5, 0.6) is 0 Å². The average Bonchev–Trinajstić information content (AvgIpc) is 1.65. The van der Waals surface area contributed by atoms with Crippen LogP contribution in [-0.2, 0) is 0 Å². The molecule has 0 rings (SSSR count). The first-order chi connectivity index (χ1) is 3.18. The van der Waals surface area contributed by atoms with Crippen molar-refractivity contribution >= 4 is 10.2 Å². The van der Waals surface area contributed by atoms with Crippen molar-refractivity contribution in [1.29, 1.82) is 0 Å². The lowest BCUT2D eigenvalue weighted by Gasteiger charge is -2.07. The van der Waals surface area contributed by atoms with Crippen molar-refractivity contribution in [2.45, 2.75) is 11.8 Å². The molecule has 7 heavy (non-hydrogen) atoms. The van der Waals surface area contributed by atoms with Crippen LogP contribution in [0.1, 0.15) is 0 Å². The summed E-state index contributed by atoms with van der Waals surface area (Å²) in [4.78, 5) is 0. The molecule has 0 aliphatic rings. The summed E-state index contributed by atoms with van der Waals surface area (Å²) >= 11 is 0. The predicted molar refractivity (Wildman–Crippen MR) is 29.0 cm³/mol. The van der Waals surface area contributed by atoms with Crippen molar-refractivity contribution in [2.24, 2.45) is 0 Å². The summed E-state index contributed by atoms with van der Waals surface area (Å²) in [6, 6.07) is 0. The molecule has 0 fully saturated rings. The third-order valence-corrected chi connectivity index (χ3v) is 1.51. The Bertz CT molecular complexity index is 47.4. The molecule has 3 N–H and O–H groups in total. The van der Waals surface area contributed by atoms with Crippen LogP contribution in [0.25, 0.3) is 0 Å². The first-order valence-corrected chi connectivity index (χ1v) is 3.31. The lowest BCUT2D eigenvalue weighted by Crippen LogP contribution is -2.28. The zero-order chi connectivity index (χ0) is 5.86. The predicted octanol–water partition coefficient (Wildman–Crippen LogP) is -2.98. The van der Waals surface area contributed by atoms with Gasteiger partial charge in [-0.3, -0.25) is 0 Å². The highest BCUT2D eigenvalue weighted by Crippen LogP contribution is 1.83. The Balaban J connectivity index is 3.14. The third-order valence-electron chi connectivity index (χ3n) is 0.744. The van der Waals surface area contributed by atoms with E-state index in [4.69, 9.17) is 15.3 Å². The molecule has 4 heteroatoms. The molecule has 1 unspecified atom stereocenters. The second-order valence-electron chi connectivity index (χ2n) is 1.49. The van der Waals surface area contributed by atoms with Gasteiger partial charge in [-0.2, -0.15) is 0 Å². The monoisotopic (exact) mass is 122 g/mol. The largest absolute Gasteiger partial charge is 0.395 e. The highest BCUT2D eigenvalue weighted by atomic mass is 28.1. The zero-order valence-electron chi connectivity index (χ0n) is 4.20. The van der Waals surface area contributed by atoms with Gasteiger partial charge in [0.25, 0.3) is 0 Å². The molecule has 0 aromatic heterocycles. The summed E-state index contributed by atoms with van der Waals surface area (Å²) in [5.74, 6) is 0. The Morgan fingerprint density at radius 1 is 1.43 bits per heavy atom. The summed E-state index contributed by atoms with van der Waals surface area (Å²) in [6.07, 6.45) is -0.924. The molecule has 44 valence electrons. The van der Waals surface area contributed by atoms with Crippen LogP contribution in [0.3, 0.4) is 0 Å². The summed E-state index contributed by atoms with van der Waals surface area (Å²) in [5, 5.41) is 25.1. The maximum atomic E-state index is 8.47. The molecule has 0 amide bonds. The SMILES string of the molecule is OC[C@H](O)C(O)[SiH3]. The summed E-state index contributed by atoms with van der Waals surface area (Å²) in [6.45, 7) is -0.343.